The number of furan rings is 1. The summed E-state index contributed by atoms with van der Waals surface area (Å²) in [5.74, 6) is 0.296. The van der Waals surface area contributed by atoms with E-state index in [0.29, 0.717) is 5.76 Å². The Balaban J connectivity index is 2.39. The van der Waals surface area contributed by atoms with E-state index < -0.39 is 6.10 Å². The van der Waals surface area contributed by atoms with E-state index >= 15 is 0 Å². The number of amides is 1. The fraction of sp³-hybridized carbons (Fsp3) is 0.375. The molecule has 0 saturated carbocycles. The number of carbonyl (C=O) groups excluding carboxylic acids is 1. The third-order valence-corrected chi connectivity index (χ3v) is 1.42. The van der Waals surface area contributed by atoms with Gasteiger partial charge in [-0.15, -0.1) is 0 Å². The van der Waals surface area contributed by atoms with Gasteiger partial charge < -0.3 is 14.8 Å². The third kappa shape index (κ3) is 2.39. The molecule has 1 aromatic heterocycles. The van der Waals surface area contributed by atoms with Gasteiger partial charge in [0, 0.05) is 6.92 Å². The van der Waals surface area contributed by atoms with Crippen LogP contribution in [0.3, 0.4) is 0 Å². The molecule has 0 bridgehead atoms. The number of carbonyl (C=O) groups is 1. The zero-order valence-corrected chi connectivity index (χ0v) is 6.78. The van der Waals surface area contributed by atoms with Gasteiger partial charge in [-0.2, -0.15) is 0 Å². The zero-order chi connectivity index (χ0) is 8.97. The first-order valence-electron chi connectivity index (χ1n) is 3.66. The van der Waals surface area contributed by atoms with E-state index in [-0.39, 0.29) is 12.5 Å². The van der Waals surface area contributed by atoms with Crippen LogP contribution in [0.2, 0.25) is 0 Å². The van der Waals surface area contributed by atoms with Crippen LogP contribution in [-0.4, -0.2) is 17.6 Å². The minimum atomic E-state index is -0.760. The molecule has 12 heavy (non-hydrogen) atoms. The van der Waals surface area contributed by atoms with Crippen molar-refractivity contribution in [3.63, 3.8) is 0 Å². The Morgan fingerprint density at radius 3 is 3.08 bits per heavy atom. The molecule has 1 amide bonds. The van der Waals surface area contributed by atoms with Crippen LogP contribution >= 0.6 is 0 Å². The van der Waals surface area contributed by atoms with E-state index in [2.05, 4.69) is 5.32 Å². The van der Waals surface area contributed by atoms with Crippen LogP contribution in [0.5, 0.6) is 0 Å². The highest BCUT2D eigenvalue weighted by Crippen LogP contribution is 2.11. The van der Waals surface area contributed by atoms with Gasteiger partial charge in [-0.05, 0) is 12.1 Å². The molecule has 1 atom stereocenters. The predicted octanol–water partition coefficient (Wildman–Crippen LogP) is 0.449. The summed E-state index contributed by atoms with van der Waals surface area (Å²) in [4.78, 5) is 10.5. The molecule has 0 aliphatic heterocycles. The minimum Gasteiger partial charge on any atom is -0.467 e. The van der Waals surface area contributed by atoms with Crippen LogP contribution in [0.1, 0.15) is 18.8 Å². The average Bonchev–Trinajstić information content (AvgIpc) is 2.51. The molecule has 0 aliphatic carbocycles. The zero-order valence-electron chi connectivity index (χ0n) is 6.78. The van der Waals surface area contributed by atoms with Crippen molar-refractivity contribution in [1.29, 1.82) is 0 Å². The van der Waals surface area contributed by atoms with E-state index in [4.69, 9.17) is 4.42 Å². The van der Waals surface area contributed by atoms with Crippen LogP contribution < -0.4 is 5.32 Å². The molecule has 2 N–H and O–H groups in total. The minimum absolute atomic E-state index is 0.166. The first kappa shape index (κ1) is 8.80. The number of aliphatic hydroxyl groups is 1. The van der Waals surface area contributed by atoms with Gasteiger partial charge in [-0.25, -0.2) is 0 Å². The van der Waals surface area contributed by atoms with Crippen LogP contribution in [0.25, 0.3) is 0 Å². The second kappa shape index (κ2) is 3.92. The lowest BCUT2D eigenvalue weighted by atomic mass is 10.3. The molecular formula is C8H11NO3. The molecule has 0 spiro atoms. The molecule has 4 heteroatoms. The van der Waals surface area contributed by atoms with Crippen molar-refractivity contribution in [1.82, 2.24) is 5.32 Å². The molecule has 0 unspecified atom stereocenters. The molecule has 0 aromatic carbocycles. The maximum atomic E-state index is 10.5. The van der Waals surface area contributed by atoms with Crippen molar-refractivity contribution in [2.45, 2.75) is 13.0 Å². The Morgan fingerprint density at radius 1 is 1.83 bits per heavy atom. The summed E-state index contributed by atoms with van der Waals surface area (Å²) in [7, 11) is 0. The number of nitrogens with one attached hydrogen (secondary N) is 1. The summed E-state index contributed by atoms with van der Waals surface area (Å²) in [5, 5.41) is 11.8. The van der Waals surface area contributed by atoms with E-state index in [1.807, 2.05) is 0 Å². The summed E-state index contributed by atoms with van der Waals surface area (Å²) in [6.07, 6.45) is 0.718. The molecule has 0 saturated heterocycles. The SMILES string of the molecule is CC(=O)NC[C@@H](O)c1ccco1. The quantitative estimate of drug-likeness (QED) is 0.690. The standard InChI is InChI=1S/C8H11NO3/c1-6(10)9-5-7(11)8-3-2-4-12-8/h2-4,7,11H,5H2,1H3,(H,9,10)/t7-/m1/s1. The lowest BCUT2D eigenvalue weighted by Crippen LogP contribution is -2.25. The molecule has 1 aromatic rings. The van der Waals surface area contributed by atoms with Crippen molar-refractivity contribution in [3.05, 3.63) is 24.2 Å². The molecule has 4 nitrogen and oxygen atoms in total. The molecule has 66 valence electrons. The third-order valence-electron chi connectivity index (χ3n) is 1.42. The van der Waals surface area contributed by atoms with E-state index in [9.17, 15) is 9.90 Å². The van der Waals surface area contributed by atoms with Gasteiger partial charge in [0.2, 0.25) is 5.91 Å². The summed E-state index contributed by atoms with van der Waals surface area (Å²) in [5.41, 5.74) is 0. The van der Waals surface area contributed by atoms with Crippen LogP contribution in [0.4, 0.5) is 0 Å². The van der Waals surface area contributed by atoms with E-state index in [0.717, 1.165) is 0 Å². The van der Waals surface area contributed by atoms with Crippen molar-refractivity contribution >= 4 is 5.91 Å². The topological polar surface area (TPSA) is 62.5 Å². The fourth-order valence-corrected chi connectivity index (χ4v) is 0.822. The predicted molar refractivity (Wildman–Crippen MR) is 42.4 cm³/mol. The van der Waals surface area contributed by atoms with Crippen molar-refractivity contribution in [2.75, 3.05) is 6.54 Å². The highest BCUT2D eigenvalue weighted by atomic mass is 16.4. The van der Waals surface area contributed by atoms with E-state index in [1.165, 1.54) is 13.2 Å². The van der Waals surface area contributed by atoms with Crippen molar-refractivity contribution in [2.24, 2.45) is 0 Å². The maximum Gasteiger partial charge on any atom is 0.216 e. The monoisotopic (exact) mass is 169 g/mol. The molecular weight excluding hydrogens is 158 g/mol. The van der Waals surface area contributed by atoms with Gasteiger partial charge in [0.15, 0.2) is 0 Å². The van der Waals surface area contributed by atoms with Crippen molar-refractivity contribution in [3.8, 4) is 0 Å². The number of hydrogen-bond donors (Lipinski definition) is 2. The Bertz CT molecular complexity index is 243. The van der Waals surface area contributed by atoms with Gasteiger partial charge in [0.1, 0.15) is 11.9 Å². The molecule has 0 radical (unpaired) electrons. The van der Waals surface area contributed by atoms with Crippen LogP contribution in [-0.2, 0) is 4.79 Å². The Labute approximate surface area is 70.2 Å². The Hall–Kier alpha value is -1.29. The normalized spacial score (nSPS) is 12.5. The second-order valence-corrected chi connectivity index (χ2v) is 2.47. The Morgan fingerprint density at radius 2 is 2.58 bits per heavy atom. The smallest absolute Gasteiger partial charge is 0.216 e. The first-order chi connectivity index (χ1) is 5.70. The van der Waals surface area contributed by atoms with Gasteiger partial charge in [-0.1, -0.05) is 0 Å². The van der Waals surface area contributed by atoms with Gasteiger partial charge in [0.05, 0.1) is 12.8 Å². The van der Waals surface area contributed by atoms with Crippen LogP contribution in [0.15, 0.2) is 22.8 Å². The average molecular weight is 169 g/mol. The van der Waals surface area contributed by atoms with Gasteiger partial charge in [0.25, 0.3) is 0 Å². The van der Waals surface area contributed by atoms with E-state index in [1.54, 1.807) is 12.1 Å². The second-order valence-electron chi connectivity index (χ2n) is 2.47. The number of hydrogen-bond acceptors (Lipinski definition) is 3. The number of aliphatic hydroxyl groups excluding tert-OH is 1. The van der Waals surface area contributed by atoms with Gasteiger partial charge >= 0.3 is 0 Å². The maximum absolute atomic E-state index is 10.5. The highest BCUT2D eigenvalue weighted by molar-refractivity contribution is 5.72. The molecule has 1 heterocycles. The summed E-state index contributed by atoms with van der Waals surface area (Å²) in [6, 6.07) is 3.35. The molecule has 0 fully saturated rings. The molecule has 1 rings (SSSR count). The first-order valence-corrected chi connectivity index (χ1v) is 3.66. The van der Waals surface area contributed by atoms with Crippen LogP contribution in [0, 0.1) is 0 Å². The molecule has 0 aliphatic rings. The number of rotatable bonds is 3. The van der Waals surface area contributed by atoms with Crippen molar-refractivity contribution < 1.29 is 14.3 Å². The van der Waals surface area contributed by atoms with Gasteiger partial charge in [-0.3, -0.25) is 4.79 Å². The Kier molecular flexibility index (Phi) is 2.88. The fourth-order valence-electron chi connectivity index (χ4n) is 0.822. The lowest BCUT2D eigenvalue weighted by molar-refractivity contribution is -0.119. The largest absolute Gasteiger partial charge is 0.467 e. The summed E-state index contributed by atoms with van der Waals surface area (Å²) < 4.78 is 4.93. The lowest BCUT2D eigenvalue weighted by Gasteiger charge is -2.06. The summed E-state index contributed by atoms with van der Waals surface area (Å²) >= 11 is 0. The summed E-state index contributed by atoms with van der Waals surface area (Å²) in [6.45, 7) is 1.58. The highest BCUT2D eigenvalue weighted by Gasteiger charge is 2.09.